The highest BCUT2D eigenvalue weighted by atomic mass is 14.9. The van der Waals surface area contributed by atoms with Gasteiger partial charge in [-0.1, -0.05) is 36.4 Å². The minimum Gasteiger partial charge on any atom is -0.310 e. The number of hydrogen-bond donors (Lipinski definition) is 1. The predicted molar refractivity (Wildman–Crippen MR) is 77.9 cm³/mol. The van der Waals surface area contributed by atoms with Crippen molar-refractivity contribution in [3.8, 4) is 0 Å². The van der Waals surface area contributed by atoms with Crippen molar-refractivity contribution in [3.05, 3.63) is 65.5 Å². The van der Waals surface area contributed by atoms with E-state index in [1.165, 1.54) is 29.7 Å². The lowest BCUT2D eigenvalue weighted by Crippen LogP contribution is -2.28. The first kappa shape index (κ1) is 12.4. The number of rotatable bonds is 3. The van der Waals surface area contributed by atoms with Gasteiger partial charge in [-0.2, -0.15) is 0 Å². The summed E-state index contributed by atoms with van der Waals surface area (Å²) in [5, 5.41) is 3.68. The van der Waals surface area contributed by atoms with E-state index in [4.69, 9.17) is 0 Å². The molecule has 0 radical (unpaired) electrons. The Labute approximate surface area is 114 Å². The lowest BCUT2D eigenvalue weighted by molar-refractivity contribution is 0.462. The zero-order chi connectivity index (χ0) is 12.9. The molecular weight excluding hydrogens is 232 g/mol. The average molecular weight is 252 g/mol. The molecule has 1 heterocycles. The van der Waals surface area contributed by atoms with Gasteiger partial charge in [-0.3, -0.25) is 4.98 Å². The van der Waals surface area contributed by atoms with Gasteiger partial charge in [-0.05, 0) is 42.9 Å². The van der Waals surface area contributed by atoms with Gasteiger partial charge in [0.2, 0.25) is 0 Å². The lowest BCUT2D eigenvalue weighted by Gasteiger charge is -2.16. The zero-order valence-corrected chi connectivity index (χ0v) is 11.2. The van der Waals surface area contributed by atoms with Crippen LogP contribution in [0.4, 0.5) is 0 Å². The van der Waals surface area contributed by atoms with Gasteiger partial charge in [0, 0.05) is 24.5 Å². The first-order valence-corrected chi connectivity index (χ1v) is 7.12. The summed E-state index contributed by atoms with van der Waals surface area (Å²) in [4.78, 5) is 4.50. The van der Waals surface area contributed by atoms with E-state index in [-0.39, 0.29) is 0 Å². The highest BCUT2D eigenvalue weighted by Gasteiger charge is 2.15. The minimum absolute atomic E-state index is 0.606. The number of hydrogen-bond acceptors (Lipinski definition) is 2. The van der Waals surface area contributed by atoms with Crippen LogP contribution in [0.5, 0.6) is 0 Å². The molecular formula is C17H20N2. The van der Waals surface area contributed by atoms with E-state index in [1.807, 2.05) is 6.20 Å². The van der Waals surface area contributed by atoms with E-state index in [0.29, 0.717) is 6.04 Å². The normalized spacial score (nSPS) is 18.6. The molecule has 0 amide bonds. The average Bonchev–Trinajstić information content (AvgIpc) is 2.69. The molecule has 2 heteroatoms. The summed E-state index contributed by atoms with van der Waals surface area (Å²) in [5.74, 6) is 0. The van der Waals surface area contributed by atoms with Crippen LogP contribution >= 0.6 is 0 Å². The van der Waals surface area contributed by atoms with Crippen LogP contribution in [0.2, 0.25) is 0 Å². The summed E-state index contributed by atoms with van der Waals surface area (Å²) in [5.41, 5.74) is 4.10. The van der Waals surface area contributed by atoms with Crippen LogP contribution in [0.15, 0.2) is 48.7 Å². The molecule has 0 saturated carbocycles. The summed E-state index contributed by atoms with van der Waals surface area (Å²) in [6.07, 6.45) is 6.57. The Hall–Kier alpha value is -1.67. The Balaban J connectivity index is 1.57. The predicted octanol–water partition coefficient (Wildman–Crippen LogP) is 3.12. The number of fused-ring (bicyclic) bond motifs is 1. The molecule has 0 aliphatic heterocycles. The van der Waals surface area contributed by atoms with E-state index in [0.717, 1.165) is 19.4 Å². The topological polar surface area (TPSA) is 24.9 Å². The molecule has 2 aromatic rings. The Bertz CT molecular complexity index is 495. The van der Waals surface area contributed by atoms with Gasteiger partial charge < -0.3 is 5.32 Å². The molecule has 0 saturated heterocycles. The van der Waals surface area contributed by atoms with Crippen LogP contribution in [0.1, 0.15) is 29.7 Å². The first-order chi connectivity index (χ1) is 9.42. The molecule has 1 aromatic heterocycles. The monoisotopic (exact) mass is 252 g/mol. The van der Waals surface area contributed by atoms with Crippen molar-refractivity contribution in [1.82, 2.24) is 10.3 Å². The molecule has 0 bridgehead atoms. The third kappa shape index (κ3) is 3.21. The number of nitrogens with zero attached hydrogens (tertiary/aromatic N) is 1. The Morgan fingerprint density at radius 2 is 1.84 bits per heavy atom. The SMILES string of the molecule is c1ccc(CNC2CCc3cccnc3CC2)cc1. The highest BCUT2D eigenvalue weighted by molar-refractivity contribution is 5.22. The molecule has 0 spiro atoms. The third-order valence-electron chi connectivity index (χ3n) is 3.91. The second-order valence-electron chi connectivity index (χ2n) is 5.25. The Kier molecular flexibility index (Phi) is 3.89. The molecule has 19 heavy (non-hydrogen) atoms. The minimum atomic E-state index is 0.606. The smallest absolute Gasteiger partial charge is 0.0436 e. The molecule has 1 aromatic carbocycles. The van der Waals surface area contributed by atoms with Gasteiger partial charge in [0.25, 0.3) is 0 Å². The van der Waals surface area contributed by atoms with Crippen molar-refractivity contribution >= 4 is 0 Å². The summed E-state index contributed by atoms with van der Waals surface area (Å²) >= 11 is 0. The summed E-state index contributed by atoms with van der Waals surface area (Å²) in [7, 11) is 0. The molecule has 1 unspecified atom stereocenters. The van der Waals surface area contributed by atoms with Crippen molar-refractivity contribution in [2.24, 2.45) is 0 Å². The van der Waals surface area contributed by atoms with Crippen molar-refractivity contribution in [2.45, 2.75) is 38.3 Å². The Morgan fingerprint density at radius 3 is 2.74 bits per heavy atom. The van der Waals surface area contributed by atoms with Crippen LogP contribution in [0, 0.1) is 0 Å². The van der Waals surface area contributed by atoms with Crippen LogP contribution < -0.4 is 5.32 Å². The van der Waals surface area contributed by atoms with Crippen molar-refractivity contribution in [3.63, 3.8) is 0 Å². The maximum atomic E-state index is 4.50. The summed E-state index contributed by atoms with van der Waals surface area (Å²) < 4.78 is 0. The van der Waals surface area contributed by atoms with Gasteiger partial charge in [-0.15, -0.1) is 0 Å². The second-order valence-corrected chi connectivity index (χ2v) is 5.25. The second kappa shape index (κ2) is 5.98. The van der Waals surface area contributed by atoms with E-state index in [1.54, 1.807) is 0 Å². The number of nitrogens with one attached hydrogen (secondary N) is 1. The number of pyridine rings is 1. The lowest BCUT2D eigenvalue weighted by atomic mass is 10.1. The molecule has 1 aliphatic rings. The fourth-order valence-electron chi connectivity index (χ4n) is 2.77. The summed E-state index contributed by atoms with van der Waals surface area (Å²) in [6.45, 7) is 0.968. The van der Waals surface area contributed by atoms with E-state index >= 15 is 0 Å². The van der Waals surface area contributed by atoms with Gasteiger partial charge in [0.05, 0.1) is 0 Å². The fourth-order valence-corrected chi connectivity index (χ4v) is 2.77. The standard InChI is InChI=1S/C17H20N2/c1-2-5-14(6-3-1)13-19-16-9-8-15-7-4-12-18-17(15)11-10-16/h1-7,12,16,19H,8-11,13H2. The molecule has 2 nitrogen and oxygen atoms in total. The van der Waals surface area contributed by atoms with Crippen molar-refractivity contribution in [1.29, 1.82) is 0 Å². The molecule has 98 valence electrons. The number of aryl methyl sites for hydroxylation is 2. The molecule has 0 fully saturated rings. The Morgan fingerprint density at radius 1 is 1.00 bits per heavy atom. The van der Waals surface area contributed by atoms with Crippen LogP contribution in [0.25, 0.3) is 0 Å². The van der Waals surface area contributed by atoms with Gasteiger partial charge >= 0.3 is 0 Å². The van der Waals surface area contributed by atoms with E-state index < -0.39 is 0 Å². The van der Waals surface area contributed by atoms with Crippen LogP contribution in [-0.4, -0.2) is 11.0 Å². The fraction of sp³-hybridized carbons (Fsp3) is 0.353. The largest absolute Gasteiger partial charge is 0.310 e. The maximum absolute atomic E-state index is 4.50. The van der Waals surface area contributed by atoms with E-state index in [2.05, 4.69) is 52.8 Å². The molecule has 1 N–H and O–H groups in total. The highest BCUT2D eigenvalue weighted by Crippen LogP contribution is 2.19. The first-order valence-electron chi connectivity index (χ1n) is 7.12. The zero-order valence-electron chi connectivity index (χ0n) is 11.2. The summed E-state index contributed by atoms with van der Waals surface area (Å²) in [6, 6.07) is 15.5. The number of benzene rings is 1. The van der Waals surface area contributed by atoms with Crippen molar-refractivity contribution < 1.29 is 0 Å². The van der Waals surface area contributed by atoms with Crippen molar-refractivity contribution in [2.75, 3.05) is 0 Å². The molecule has 1 atom stereocenters. The third-order valence-corrected chi connectivity index (χ3v) is 3.91. The van der Waals surface area contributed by atoms with Gasteiger partial charge in [-0.25, -0.2) is 0 Å². The van der Waals surface area contributed by atoms with Gasteiger partial charge in [0.15, 0.2) is 0 Å². The van der Waals surface area contributed by atoms with Gasteiger partial charge in [0.1, 0.15) is 0 Å². The van der Waals surface area contributed by atoms with Crippen LogP contribution in [0.3, 0.4) is 0 Å². The molecule has 3 rings (SSSR count). The van der Waals surface area contributed by atoms with E-state index in [9.17, 15) is 0 Å². The maximum Gasteiger partial charge on any atom is 0.0436 e. The molecule has 1 aliphatic carbocycles. The van der Waals surface area contributed by atoms with Crippen LogP contribution in [-0.2, 0) is 19.4 Å². The number of aromatic nitrogens is 1. The quantitative estimate of drug-likeness (QED) is 0.849.